The van der Waals surface area contributed by atoms with Gasteiger partial charge in [-0.3, -0.25) is 4.79 Å². The molecule has 94 valence electrons. The van der Waals surface area contributed by atoms with Gasteiger partial charge in [-0.15, -0.1) is 0 Å². The number of carbonyl (C=O) groups excluding carboxylic acids is 1. The van der Waals surface area contributed by atoms with Crippen LogP contribution in [0.5, 0.6) is 0 Å². The number of hydrogen-bond acceptors (Lipinski definition) is 5. The van der Waals surface area contributed by atoms with E-state index in [-0.39, 0.29) is 17.6 Å². The normalized spacial score (nSPS) is 14.1. The van der Waals surface area contributed by atoms with Gasteiger partial charge in [0.05, 0.1) is 0 Å². The van der Waals surface area contributed by atoms with E-state index in [0.29, 0.717) is 6.42 Å². The number of rotatable bonds is 5. The molecule has 1 rings (SSSR count). The van der Waals surface area contributed by atoms with Crippen LogP contribution in [0.2, 0.25) is 0 Å². The molecule has 17 heavy (non-hydrogen) atoms. The number of carboxylic acid groups (broad SMARTS) is 1. The molecular weight excluding hydrogens is 226 g/mol. The second kappa shape index (κ2) is 5.42. The number of amides is 1. The number of aliphatic carboxylic acids is 1. The Morgan fingerprint density at radius 2 is 2.18 bits per heavy atom. The summed E-state index contributed by atoms with van der Waals surface area (Å²) in [5.41, 5.74) is 0. The Bertz CT molecular complexity index is 415. The molecule has 2 atom stereocenters. The summed E-state index contributed by atoms with van der Waals surface area (Å²) < 4.78 is 4.65. The molecule has 1 aromatic heterocycles. The van der Waals surface area contributed by atoms with E-state index in [9.17, 15) is 9.59 Å². The summed E-state index contributed by atoms with van der Waals surface area (Å²) in [6.07, 6.45) is 0.641. The molecule has 0 saturated heterocycles. The topological polar surface area (TPSA) is 105 Å². The highest BCUT2D eigenvalue weighted by molar-refractivity contribution is 5.93. The second-order valence-electron chi connectivity index (χ2n) is 3.81. The Kier molecular flexibility index (Phi) is 4.19. The van der Waals surface area contributed by atoms with Gasteiger partial charge in [-0.25, -0.2) is 4.79 Å². The van der Waals surface area contributed by atoms with Gasteiger partial charge in [-0.05, 0) is 5.92 Å². The van der Waals surface area contributed by atoms with Crippen LogP contribution in [-0.2, 0) is 4.79 Å². The quantitative estimate of drug-likeness (QED) is 0.782. The van der Waals surface area contributed by atoms with Crippen LogP contribution in [-0.4, -0.2) is 33.2 Å². The SMILES string of the molecule is CC[C@H](C)[C@H](NC(=O)c1noc(C)n1)C(=O)O. The first kappa shape index (κ1) is 13.1. The van der Waals surface area contributed by atoms with Crippen molar-refractivity contribution in [2.75, 3.05) is 0 Å². The molecule has 0 spiro atoms. The number of carbonyl (C=O) groups is 2. The fourth-order valence-electron chi connectivity index (χ4n) is 1.28. The zero-order valence-corrected chi connectivity index (χ0v) is 9.93. The molecule has 7 heteroatoms. The van der Waals surface area contributed by atoms with Gasteiger partial charge >= 0.3 is 5.97 Å². The lowest BCUT2D eigenvalue weighted by Crippen LogP contribution is -2.45. The molecule has 0 aliphatic rings. The summed E-state index contributed by atoms with van der Waals surface area (Å²) in [5, 5.41) is 14.8. The Balaban J connectivity index is 2.74. The zero-order valence-electron chi connectivity index (χ0n) is 9.93. The van der Waals surface area contributed by atoms with Gasteiger partial charge in [0.15, 0.2) is 0 Å². The Morgan fingerprint density at radius 1 is 1.53 bits per heavy atom. The minimum atomic E-state index is -1.08. The van der Waals surface area contributed by atoms with Crippen LogP contribution >= 0.6 is 0 Å². The van der Waals surface area contributed by atoms with Crippen molar-refractivity contribution < 1.29 is 19.2 Å². The molecule has 1 heterocycles. The van der Waals surface area contributed by atoms with Crippen molar-refractivity contribution in [3.63, 3.8) is 0 Å². The summed E-state index contributed by atoms with van der Waals surface area (Å²) in [5.74, 6) is -1.80. The first-order valence-corrected chi connectivity index (χ1v) is 5.29. The van der Waals surface area contributed by atoms with E-state index in [0.717, 1.165) is 0 Å². The van der Waals surface area contributed by atoms with Gasteiger partial charge in [0, 0.05) is 6.92 Å². The highest BCUT2D eigenvalue weighted by Crippen LogP contribution is 2.08. The number of carboxylic acids is 1. The summed E-state index contributed by atoms with van der Waals surface area (Å²) in [6, 6.07) is -0.952. The van der Waals surface area contributed by atoms with Crippen LogP contribution in [0.4, 0.5) is 0 Å². The Hall–Kier alpha value is -1.92. The predicted molar refractivity (Wildman–Crippen MR) is 57.4 cm³/mol. The van der Waals surface area contributed by atoms with Crippen molar-refractivity contribution in [3.8, 4) is 0 Å². The smallest absolute Gasteiger partial charge is 0.326 e. The van der Waals surface area contributed by atoms with E-state index in [1.165, 1.54) is 0 Å². The highest BCUT2D eigenvalue weighted by atomic mass is 16.5. The van der Waals surface area contributed by atoms with Gasteiger partial charge in [0.25, 0.3) is 11.7 Å². The average molecular weight is 241 g/mol. The van der Waals surface area contributed by atoms with Crippen molar-refractivity contribution in [2.24, 2.45) is 5.92 Å². The standard InChI is InChI=1S/C10H15N3O4/c1-4-5(2)7(10(15)16)12-9(14)8-11-6(3)17-13-8/h5,7H,4H2,1-3H3,(H,12,14)(H,15,16)/t5-,7-/m0/s1. The zero-order chi connectivity index (χ0) is 13.0. The predicted octanol–water partition coefficient (Wildman–Crippen LogP) is 0.607. The van der Waals surface area contributed by atoms with Crippen LogP contribution in [0.25, 0.3) is 0 Å². The number of aromatic nitrogens is 2. The van der Waals surface area contributed by atoms with E-state index in [4.69, 9.17) is 5.11 Å². The van der Waals surface area contributed by atoms with E-state index < -0.39 is 17.9 Å². The number of hydrogen-bond donors (Lipinski definition) is 2. The Morgan fingerprint density at radius 3 is 2.59 bits per heavy atom. The number of nitrogens with one attached hydrogen (secondary N) is 1. The summed E-state index contributed by atoms with van der Waals surface area (Å²) in [4.78, 5) is 26.4. The lowest BCUT2D eigenvalue weighted by Gasteiger charge is -2.18. The van der Waals surface area contributed by atoms with Gasteiger partial charge in [-0.1, -0.05) is 25.4 Å². The molecule has 1 amide bonds. The third-order valence-electron chi connectivity index (χ3n) is 2.50. The first-order chi connectivity index (χ1) is 7.95. The van der Waals surface area contributed by atoms with Crippen LogP contribution < -0.4 is 5.32 Å². The van der Waals surface area contributed by atoms with E-state index >= 15 is 0 Å². The molecular formula is C10H15N3O4. The molecule has 0 fully saturated rings. The third-order valence-corrected chi connectivity index (χ3v) is 2.50. The van der Waals surface area contributed by atoms with Gasteiger partial charge in [-0.2, -0.15) is 4.98 Å². The minimum Gasteiger partial charge on any atom is -0.480 e. The van der Waals surface area contributed by atoms with Gasteiger partial charge < -0.3 is 14.9 Å². The van der Waals surface area contributed by atoms with Crippen LogP contribution in [0.15, 0.2) is 4.52 Å². The van der Waals surface area contributed by atoms with E-state index in [1.54, 1.807) is 13.8 Å². The lowest BCUT2D eigenvalue weighted by atomic mass is 9.99. The second-order valence-corrected chi connectivity index (χ2v) is 3.81. The monoisotopic (exact) mass is 241 g/mol. The summed E-state index contributed by atoms with van der Waals surface area (Å²) >= 11 is 0. The fourth-order valence-corrected chi connectivity index (χ4v) is 1.28. The van der Waals surface area contributed by atoms with Crippen LogP contribution in [0.1, 0.15) is 36.8 Å². The highest BCUT2D eigenvalue weighted by Gasteiger charge is 2.27. The Labute approximate surface area is 98.2 Å². The molecule has 0 saturated carbocycles. The summed E-state index contributed by atoms with van der Waals surface area (Å²) in [7, 11) is 0. The number of nitrogens with zero attached hydrogens (tertiary/aromatic N) is 2. The van der Waals surface area contributed by atoms with Crippen molar-refractivity contribution >= 4 is 11.9 Å². The molecule has 0 aliphatic carbocycles. The third kappa shape index (κ3) is 3.27. The molecule has 7 nitrogen and oxygen atoms in total. The van der Waals surface area contributed by atoms with Crippen LogP contribution in [0.3, 0.4) is 0 Å². The molecule has 0 aliphatic heterocycles. The summed E-state index contributed by atoms with van der Waals surface area (Å²) in [6.45, 7) is 5.15. The molecule has 0 unspecified atom stereocenters. The van der Waals surface area contributed by atoms with E-state index in [1.807, 2.05) is 6.92 Å². The van der Waals surface area contributed by atoms with Crippen molar-refractivity contribution in [2.45, 2.75) is 33.2 Å². The van der Waals surface area contributed by atoms with Gasteiger partial charge in [0.2, 0.25) is 5.89 Å². The maximum atomic E-state index is 11.6. The lowest BCUT2D eigenvalue weighted by molar-refractivity contribution is -0.140. The first-order valence-electron chi connectivity index (χ1n) is 5.29. The van der Waals surface area contributed by atoms with Gasteiger partial charge in [0.1, 0.15) is 6.04 Å². The number of aryl methyl sites for hydroxylation is 1. The maximum absolute atomic E-state index is 11.6. The molecule has 0 bridgehead atoms. The molecule has 0 aromatic carbocycles. The molecule has 0 radical (unpaired) electrons. The molecule has 2 N–H and O–H groups in total. The minimum absolute atomic E-state index is 0.156. The average Bonchev–Trinajstić information content (AvgIpc) is 2.71. The largest absolute Gasteiger partial charge is 0.480 e. The maximum Gasteiger partial charge on any atom is 0.326 e. The molecule has 1 aromatic rings. The van der Waals surface area contributed by atoms with Crippen molar-refractivity contribution in [1.82, 2.24) is 15.5 Å². The van der Waals surface area contributed by atoms with Crippen LogP contribution in [0, 0.1) is 12.8 Å². The fraction of sp³-hybridized carbons (Fsp3) is 0.600. The van der Waals surface area contributed by atoms with E-state index in [2.05, 4.69) is 20.0 Å². The van der Waals surface area contributed by atoms with Crippen molar-refractivity contribution in [1.29, 1.82) is 0 Å². The van der Waals surface area contributed by atoms with Crippen molar-refractivity contribution in [3.05, 3.63) is 11.7 Å².